The van der Waals surface area contributed by atoms with Crippen molar-refractivity contribution in [1.29, 1.82) is 0 Å². The molecule has 1 aromatic rings. The normalized spacial score (nSPS) is 45.0. The Morgan fingerprint density at radius 3 is 2.65 bits per heavy atom. The molecular weight excluding hydrogens is 262 g/mol. The van der Waals surface area contributed by atoms with Gasteiger partial charge in [-0.25, -0.2) is 0 Å². The minimum Gasteiger partial charge on any atom is -0.393 e. The van der Waals surface area contributed by atoms with Crippen LogP contribution in [0, 0.1) is 23.2 Å². The summed E-state index contributed by atoms with van der Waals surface area (Å²) in [6, 6.07) is 11.2. The molecule has 0 saturated heterocycles. The molecule has 5 rings (SSSR count). The Kier molecular flexibility index (Phi) is 2.61. The summed E-state index contributed by atoms with van der Waals surface area (Å²) in [5, 5.41) is 0. The number of thiocarbonyl (C=S) groups is 1. The molecule has 2 heteroatoms. The van der Waals surface area contributed by atoms with Crippen LogP contribution >= 0.6 is 12.2 Å². The van der Waals surface area contributed by atoms with Gasteiger partial charge in [-0.15, -0.1) is 0 Å². The lowest BCUT2D eigenvalue weighted by Crippen LogP contribution is -2.39. The summed E-state index contributed by atoms with van der Waals surface area (Å²) in [6.45, 7) is 2.37. The van der Waals surface area contributed by atoms with E-state index in [1.54, 1.807) is 5.56 Å². The Bertz CT molecular complexity index is 554. The standard InChI is InChI=1S/C18H23NS/c1-2-17-8-12-9-18(11-17,13-6-4-3-5-7-13)10-14(17)15(12)16(19)20/h3-7,12,14-15H,2,8-11H2,1H3,(H2,19,20). The highest BCUT2D eigenvalue weighted by Crippen LogP contribution is 2.73. The molecule has 20 heavy (non-hydrogen) atoms. The van der Waals surface area contributed by atoms with Crippen molar-refractivity contribution in [3.05, 3.63) is 35.9 Å². The third-order valence-corrected chi connectivity index (χ3v) is 7.04. The van der Waals surface area contributed by atoms with Crippen LogP contribution in [0.5, 0.6) is 0 Å². The maximum absolute atomic E-state index is 6.10. The van der Waals surface area contributed by atoms with Crippen molar-refractivity contribution in [2.75, 3.05) is 0 Å². The molecule has 0 amide bonds. The fourth-order valence-corrected chi connectivity index (χ4v) is 6.53. The van der Waals surface area contributed by atoms with Crippen LogP contribution in [0.2, 0.25) is 0 Å². The zero-order valence-electron chi connectivity index (χ0n) is 12.1. The van der Waals surface area contributed by atoms with E-state index in [0.717, 1.165) is 16.8 Å². The largest absolute Gasteiger partial charge is 0.393 e. The molecule has 1 nitrogen and oxygen atoms in total. The first-order valence-corrected chi connectivity index (χ1v) is 8.36. The second-order valence-electron chi connectivity index (χ2n) is 7.45. The quantitative estimate of drug-likeness (QED) is 0.848. The molecule has 0 spiro atoms. The average molecular weight is 285 g/mol. The average Bonchev–Trinajstić information content (AvgIpc) is 2.82. The number of hydrogen-bond acceptors (Lipinski definition) is 1. The molecule has 5 atom stereocenters. The van der Waals surface area contributed by atoms with Crippen LogP contribution in [-0.2, 0) is 5.41 Å². The highest BCUT2D eigenvalue weighted by Gasteiger charge is 2.67. The van der Waals surface area contributed by atoms with E-state index in [4.69, 9.17) is 18.0 Å². The van der Waals surface area contributed by atoms with Crippen LogP contribution in [0.15, 0.2) is 30.3 Å². The Morgan fingerprint density at radius 1 is 1.25 bits per heavy atom. The van der Waals surface area contributed by atoms with E-state index in [9.17, 15) is 0 Å². The van der Waals surface area contributed by atoms with Gasteiger partial charge in [-0.2, -0.15) is 0 Å². The summed E-state index contributed by atoms with van der Waals surface area (Å²) in [5.74, 6) is 1.99. The van der Waals surface area contributed by atoms with Crippen LogP contribution < -0.4 is 5.73 Å². The second-order valence-corrected chi connectivity index (χ2v) is 7.92. The Hall–Kier alpha value is -0.890. The lowest BCUT2D eigenvalue weighted by molar-refractivity contribution is 0.168. The lowest BCUT2D eigenvalue weighted by atomic mass is 9.62. The molecule has 1 aromatic carbocycles. The highest BCUT2D eigenvalue weighted by molar-refractivity contribution is 7.80. The van der Waals surface area contributed by atoms with Gasteiger partial charge in [0.2, 0.25) is 0 Å². The van der Waals surface area contributed by atoms with Crippen molar-refractivity contribution in [2.24, 2.45) is 28.9 Å². The number of benzene rings is 1. The minimum atomic E-state index is 0.423. The number of hydrogen-bond donors (Lipinski definition) is 1. The summed E-state index contributed by atoms with van der Waals surface area (Å²) >= 11 is 5.41. The fraction of sp³-hybridized carbons (Fsp3) is 0.611. The van der Waals surface area contributed by atoms with Gasteiger partial charge >= 0.3 is 0 Å². The molecule has 4 saturated carbocycles. The van der Waals surface area contributed by atoms with Gasteiger partial charge in [0.15, 0.2) is 0 Å². The van der Waals surface area contributed by atoms with Crippen molar-refractivity contribution >= 4 is 17.2 Å². The van der Waals surface area contributed by atoms with Crippen molar-refractivity contribution in [3.8, 4) is 0 Å². The summed E-state index contributed by atoms with van der Waals surface area (Å²) in [5.41, 5.74) is 8.60. The molecule has 0 radical (unpaired) electrons. The van der Waals surface area contributed by atoms with Crippen molar-refractivity contribution < 1.29 is 0 Å². The van der Waals surface area contributed by atoms with Crippen molar-refractivity contribution in [1.82, 2.24) is 0 Å². The maximum atomic E-state index is 6.10. The predicted octanol–water partition coefficient (Wildman–Crippen LogP) is 4.06. The molecule has 2 N–H and O–H groups in total. The fourth-order valence-electron chi connectivity index (χ4n) is 6.17. The van der Waals surface area contributed by atoms with Crippen molar-refractivity contribution in [3.63, 3.8) is 0 Å². The van der Waals surface area contributed by atoms with Gasteiger partial charge in [0.25, 0.3) is 0 Å². The smallest absolute Gasteiger partial charge is 0.0764 e. The first-order valence-electron chi connectivity index (χ1n) is 7.95. The second kappa shape index (κ2) is 4.07. The van der Waals surface area contributed by atoms with E-state index in [2.05, 4.69) is 37.3 Å². The van der Waals surface area contributed by atoms with Gasteiger partial charge < -0.3 is 5.73 Å². The molecule has 0 aliphatic heterocycles. The van der Waals surface area contributed by atoms with E-state index >= 15 is 0 Å². The van der Waals surface area contributed by atoms with E-state index < -0.39 is 0 Å². The molecule has 4 bridgehead atoms. The molecule has 0 heterocycles. The first kappa shape index (κ1) is 12.8. The zero-order chi connectivity index (χ0) is 14.0. The zero-order valence-corrected chi connectivity index (χ0v) is 13.0. The number of nitrogens with two attached hydrogens (primary N) is 1. The molecule has 106 valence electrons. The van der Waals surface area contributed by atoms with Gasteiger partial charge in [0.05, 0.1) is 4.99 Å². The molecule has 5 unspecified atom stereocenters. The summed E-state index contributed by atoms with van der Waals surface area (Å²) in [6.07, 6.45) is 6.63. The first-order chi connectivity index (χ1) is 9.60. The van der Waals surface area contributed by atoms with E-state index in [1.807, 2.05) is 0 Å². The molecule has 4 fully saturated rings. The Labute approximate surface area is 126 Å². The van der Waals surface area contributed by atoms with Crippen molar-refractivity contribution in [2.45, 2.75) is 44.4 Å². The molecule has 0 aromatic heterocycles. The third-order valence-electron chi connectivity index (χ3n) is 6.77. The highest BCUT2D eigenvalue weighted by atomic mass is 32.1. The van der Waals surface area contributed by atoms with E-state index in [0.29, 0.717) is 16.7 Å². The van der Waals surface area contributed by atoms with Gasteiger partial charge in [-0.1, -0.05) is 55.9 Å². The SMILES string of the molecule is CCC12CC3CC(c4ccccc4)(CC1C3C(N)=S)C2. The van der Waals surface area contributed by atoms with Gasteiger partial charge in [-0.05, 0) is 53.9 Å². The molecular formula is C18H23NS. The van der Waals surface area contributed by atoms with Gasteiger partial charge in [0.1, 0.15) is 0 Å². The molecule has 4 aliphatic carbocycles. The lowest BCUT2D eigenvalue weighted by Gasteiger charge is -2.43. The van der Waals surface area contributed by atoms with Crippen LogP contribution in [-0.4, -0.2) is 4.99 Å². The van der Waals surface area contributed by atoms with Gasteiger partial charge in [-0.3, -0.25) is 0 Å². The summed E-state index contributed by atoms with van der Waals surface area (Å²) in [7, 11) is 0. The van der Waals surface area contributed by atoms with E-state index in [1.165, 1.54) is 32.1 Å². The van der Waals surface area contributed by atoms with Crippen LogP contribution in [0.1, 0.15) is 44.6 Å². The monoisotopic (exact) mass is 285 g/mol. The van der Waals surface area contributed by atoms with Crippen LogP contribution in [0.4, 0.5) is 0 Å². The summed E-state index contributed by atoms with van der Waals surface area (Å²) < 4.78 is 0. The van der Waals surface area contributed by atoms with Crippen LogP contribution in [0.3, 0.4) is 0 Å². The number of rotatable bonds is 3. The maximum Gasteiger partial charge on any atom is 0.0764 e. The molecule has 4 aliphatic rings. The van der Waals surface area contributed by atoms with Gasteiger partial charge in [0, 0.05) is 5.92 Å². The van der Waals surface area contributed by atoms with Crippen LogP contribution in [0.25, 0.3) is 0 Å². The topological polar surface area (TPSA) is 26.0 Å². The third kappa shape index (κ3) is 1.46. The summed E-state index contributed by atoms with van der Waals surface area (Å²) in [4.78, 5) is 0.791. The Morgan fingerprint density at radius 2 is 2.00 bits per heavy atom. The minimum absolute atomic E-state index is 0.423. The predicted molar refractivity (Wildman–Crippen MR) is 86.6 cm³/mol. The van der Waals surface area contributed by atoms with E-state index in [-0.39, 0.29) is 0 Å². The Balaban J connectivity index is 1.78.